The van der Waals surface area contributed by atoms with E-state index in [0.717, 1.165) is 18.7 Å². The van der Waals surface area contributed by atoms with Crippen molar-refractivity contribution in [3.8, 4) is 5.75 Å². The fraction of sp³-hybridized carbons (Fsp3) is 0.278. The molecule has 26 heavy (non-hydrogen) atoms. The highest BCUT2D eigenvalue weighted by atomic mass is 16.5. The van der Waals surface area contributed by atoms with Crippen molar-refractivity contribution in [2.75, 3.05) is 5.32 Å². The number of hydrogen-bond donors (Lipinski definition) is 1. The van der Waals surface area contributed by atoms with E-state index in [-0.39, 0.29) is 12.5 Å². The predicted octanol–water partition coefficient (Wildman–Crippen LogP) is 2.88. The number of carbonyl (C=O) groups excluding carboxylic acids is 1. The Morgan fingerprint density at radius 3 is 2.73 bits per heavy atom. The maximum atomic E-state index is 12.3. The first-order valence-corrected chi connectivity index (χ1v) is 8.34. The molecular formula is C18H17N5O3. The van der Waals surface area contributed by atoms with Gasteiger partial charge in [-0.25, -0.2) is 9.97 Å². The van der Waals surface area contributed by atoms with E-state index < -0.39 is 0 Å². The maximum absolute atomic E-state index is 12.3. The van der Waals surface area contributed by atoms with E-state index in [9.17, 15) is 4.79 Å². The minimum atomic E-state index is -0.259. The molecule has 1 fully saturated rings. The number of rotatable bonds is 6. The highest BCUT2D eigenvalue weighted by Crippen LogP contribution is 2.37. The monoisotopic (exact) mass is 351 g/mol. The summed E-state index contributed by atoms with van der Waals surface area (Å²) in [6.07, 6.45) is 3.82. The quantitative estimate of drug-likeness (QED) is 0.728. The van der Waals surface area contributed by atoms with Crippen molar-refractivity contribution in [3.05, 3.63) is 59.8 Å². The molecule has 0 saturated heterocycles. The van der Waals surface area contributed by atoms with Gasteiger partial charge in [0.05, 0.1) is 0 Å². The minimum Gasteiger partial charge on any atom is -0.485 e. The van der Waals surface area contributed by atoms with E-state index in [1.54, 1.807) is 43.5 Å². The Balaban J connectivity index is 1.36. The van der Waals surface area contributed by atoms with E-state index in [0.29, 0.717) is 34.8 Å². The molecule has 1 N–H and O–H groups in total. The van der Waals surface area contributed by atoms with Crippen LogP contribution >= 0.6 is 0 Å². The summed E-state index contributed by atoms with van der Waals surface area (Å²) in [7, 11) is 0. The van der Waals surface area contributed by atoms with E-state index in [2.05, 4.69) is 25.4 Å². The summed E-state index contributed by atoms with van der Waals surface area (Å²) in [5.41, 5.74) is 1.03. The Labute approximate surface area is 149 Å². The predicted molar refractivity (Wildman–Crippen MR) is 91.8 cm³/mol. The number of aryl methyl sites for hydroxylation is 1. The summed E-state index contributed by atoms with van der Waals surface area (Å²) in [6, 6.07) is 8.66. The second-order valence-corrected chi connectivity index (χ2v) is 6.07. The van der Waals surface area contributed by atoms with Crippen molar-refractivity contribution in [3.63, 3.8) is 0 Å². The number of nitrogens with one attached hydrogen (secondary N) is 1. The van der Waals surface area contributed by atoms with Crippen molar-refractivity contribution in [1.82, 2.24) is 20.1 Å². The Kier molecular flexibility index (Phi) is 4.30. The number of benzene rings is 1. The second kappa shape index (κ2) is 6.91. The van der Waals surface area contributed by atoms with Crippen LogP contribution in [0.5, 0.6) is 5.75 Å². The first-order valence-electron chi connectivity index (χ1n) is 8.34. The van der Waals surface area contributed by atoms with Gasteiger partial charge in [-0.1, -0.05) is 5.16 Å². The molecule has 1 aromatic carbocycles. The number of anilines is 1. The van der Waals surface area contributed by atoms with Crippen LogP contribution in [0.25, 0.3) is 0 Å². The topological polar surface area (TPSA) is 103 Å². The number of hydrogen-bond acceptors (Lipinski definition) is 7. The number of amides is 1. The lowest BCUT2D eigenvalue weighted by molar-refractivity contribution is 0.102. The van der Waals surface area contributed by atoms with Gasteiger partial charge in [0.2, 0.25) is 11.7 Å². The summed E-state index contributed by atoms with van der Waals surface area (Å²) in [4.78, 5) is 25.0. The van der Waals surface area contributed by atoms with Gasteiger partial charge < -0.3 is 14.6 Å². The lowest BCUT2D eigenvalue weighted by Gasteiger charge is -2.07. The highest BCUT2D eigenvalue weighted by Gasteiger charge is 2.27. The number of carbonyl (C=O) groups is 1. The molecule has 4 rings (SSSR count). The van der Waals surface area contributed by atoms with Gasteiger partial charge in [0.15, 0.2) is 6.61 Å². The zero-order valence-electron chi connectivity index (χ0n) is 14.2. The molecule has 3 aromatic rings. The molecule has 0 aliphatic heterocycles. The van der Waals surface area contributed by atoms with E-state index >= 15 is 0 Å². The zero-order valence-corrected chi connectivity index (χ0v) is 14.2. The lowest BCUT2D eigenvalue weighted by atomic mass is 10.3. The molecule has 0 radical (unpaired) electrons. The minimum absolute atomic E-state index is 0.216. The van der Waals surface area contributed by atoms with Gasteiger partial charge in [0.1, 0.15) is 17.3 Å². The molecule has 0 atom stereocenters. The van der Waals surface area contributed by atoms with Crippen molar-refractivity contribution in [2.24, 2.45) is 0 Å². The van der Waals surface area contributed by atoms with Gasteiger partial charge in [-0.2, -0.15) is 4.98 Å². The molecule has 2 aromatic heterocycles. The Bertz CT molecular complexity index is 919. The van der Waals surface area contributed by atoms with Crippen LogP contribution in [-0.2, 0) is 6.61 Å². The summed E-state index contributed by atoms with van der Waals surface area (Å²) < 4.78 is 10.5. The van der Waals surface area contributed by atoms with Gasteiger partial charge in [0.25, 0.3) is 5.91 Å². The SMILES string of the molecule is Cc1nc(COc2ccc(NC(=O)c3ccnc(C4CC4)n3)cc2)no1. The summed E-state index contributed by atoms with van der Waals surface area (Å²) in [5, 5.41) is 6.59. The van der Waals surface area contributed by atoms with Crippen LogP contribution < -0.4 is 10.1 Å². The van der Waals surface area contributed by atoms with Crippen LogP contribution in [-0.4, -0.2) is 26.0 Å². The molecule has 1 aliphatic carbocycles. The lowest BCUT2D eigenvalue weighted by Crippen LogP contribution is -2.14. The molecule has 8 heteroatoms. The second-order valence-electron chi connectivity index (χ2n) is 6.07. The van der Waals surface area contributed by atoms with Crippen LogP contribution in [0.3, 0.4) is 0 Å². The summed E-state index contributed by atoms with van der Waals surface area (Å²) in [6.45, 7) is 1.94. The van der Waals surface area contributed by atoms with Crippen LogP contribution in [0.1, 0.15) is 46.8 Å². The van der Waals surface area contributed by atoms with Crippen LogP contribution in [0, 0.1) is 6.92 Å². The fourth-order valence-electron chi connectivity index (χ4n) is 2.42. The van der Waals surface area contributed by atoms with Crippen molar-refractivity contribution < 1.29 is 14.1 Å². The van der Waals surface area contributed by atoms with Gasteiger partial charge in [-0.3, -0.25) is 4.79 Å². The Morgan fingerprint density at radius 2 is 2.04 bits per heavy atom. The molecule has 1 aliphatic rings. The summed E-state index contributed by atoms with van der Waals surface area (Å²) >= 11 is 0. The molecule has 0 unspecified atom stereocenters. The molecular weight excluding hydrogens is 334 g/mol. The molecule has 8 nitrogen and oxygen atoms in total. The number of nitrogens with zero attached hydrogens (tertiary/aromatic N) is 4. The molecule has 0 spiro atoms. The Morgan fingerprint density at radius 1 is 1.23 bits per heavy atom. The average molecular weight is 351 g/mol. The third kappa shape index (κ3) is 3.85. The third-order valence-corrected chi connectivity index (χ3v) is 3.90. The van der Waals surface area contributed by atoms with Gasteiger partial charge in [-0.05, 0) is 43.2 Å². The van der Waals surface area contributed by atoms with Crippen molar-refractivity contribution in [1.29, 1.82) is 0 Å². The third-order valence-electron chi connectivity index (χ3n) is 3.90. The van der Waals surface area contributed by atoms with Crippen LogP contribution in [0.15, 0.2) is 41.1 Å². The highest BCUT2D eigenvalue weighted by molar-refractivity contribution is 6.02. The van der Waals surface area contributed by atoms with Crippen LogP contribution in [0.2, 0.25) is 0 Å². The molecule has 1 saturated carbocycles. The maximum Gasteiger partial charge on any atom is 0.274 e. The largest absolute Gasteiger partial charge is 0.485 e. The summed E-state index contributed by atoms with van der Waals surface area (Å²) in [5.74, 6) is 2.51. The zero-order chi connectivity index (χ0) is 17.9. The first-order chi connectivity index (χ1) is 12.7. The van der Waals surface area contributed by atoms with E-state index in [1.165, 1.54) is 0 Å². The van der Waals surface area contributed by atoms with Gasteiger partial charge in [0, 0.05) is 24.7 Å². The van der Waals surface area contributed by atoms with Crippen LogP contribution in [0.4, 0.5) is 5.69 Å². The van der Waals surface area contributed by atoms with Crippen molar-refractivity contribution in [2.45, 2.75) is 32.3 Å². The first kappa shape index (κ1) is 16.2. The molecule has 1 amide bonds. The standard InChI is InChI=1S/C18H17N5O3/c1-11-20-16(23-26-11)10-25-14-6-4-13(5-7-14)21-18(24)15-8-9-19-17(22-15)12-2-3-12/h4-9,12H,2-3,10H2,1H3,(H,21,24). The smallest absolute Gasteiger partial charge is 0.274 e. The van der Waals surface area contributed by atoms with E-state index in [1.807, 2.05) is 0 Å². The average Bonchev–Trinajstić information content (AvgIpc) is 3.43. The van der Waals surface area contributed by atoms with Crippen molar-refractivity contribution >= 4 is 11.6 Å². The molecule has 132 valence electrons. The number of aromatic nitrogens is 4. The molecule has 2 heterocycles. The van der Waals surface area contributed by atoms with E-state index in [4.69, 9.17) is 9.26 Å². The molecule has 0 bridgehead atoms. The number of ether oxygens (including phenoxy) is 1. The fourth-order valence-corrected chi connectivity index (χ4v) is 2.42. The normalized spacial score (nSPS) is 13.4. The van der Waals surface area contributed by atoms with Gasteiger partial charge in [-0.15, -0.1) is 0 Å². The van der Waals surface area contributed by atoms with Gasteiger partial charge >= 0.3 is 0 Å². The Hall–Kier alpha value is -3.29.